The van der Waals surface area contributed by atoms with E-state index in [0.29, 0.717) is 0 Å². The van der Waals surface area contributed by atoms with E-state index in [2.05, 4.69) is 82.7 Å². The van der Waals surface area contributed by atoms with Crippen molar-refractivity contribution in [3.8, 4) is 0 Å². The lowest BCUT2D eigenvalue weighted by Gasteiger charge is -2.54. The maximum Gasteiger partial charge on any atom is 0.154 e. The molecule has 20 heavy (non-hydrogen) atoms. The molecule has 0 bridgehead atoms. The van der Waals surface area contributed by atoms with Crippen LogP contribution in [0.1, 0.15) is 5.56 Å². The Morgan fingerprint density at radius 1 is 0.750 bits per heavy atom. The second-order valence-corrected chi connectivity index (χ2v) is 47.4. The quantitative estimate of drug-likeness (QED) is 0.791. The van der Waals surface area contributed by atoms with Gasteiger partial charge in [-0.15, -0.1) is 0 Å². The molecule has 0 atom stereocenters. The van der Waals surface area contributed by atoms with Crippen LogP contribution in [-0.4, -0.2) is 34.4 Å². The first-order chi connectivity index (χ1) is 8.83. The fourth-order valence-electron chi connectivity index (χ4n) is 4.39. The second kappa shape index (κ2) is 5.68. The number of hydrogen-bond acceptors (Lipinski definition) is 1. The molecular formula is C15H32OSi4. The van der Waals surface area contributed by atoms with Crippen molar-refractivity contribution in [3.05, 3.63) is 35.9 Å². The second-order valence-electron chi connectivity index (χ2n) is 8.76. The van der Waals surface area contributed by atoms with Crippen LogP contribution < -0.4 is 0 Å². The van der Waals surface area contributed by atoms with Gasteiger partial charge in [-0.05, 0) is 6.04 Å². The molecule has 1 aromatic rings. The van der Waals surface area contributed by atoms with Gasteiger partial charge in [-0.3, -0.25) is 0 Å². The lowest BCUT2D eigenvalue weighted by molar-refractivity contribution is 0.593. The summed E-state index contributed by atoms with van der Waals surface area (Å²) in [5.41, 5.74) is 1.42. The molecule has 0 aromatic heterocycles. The molecule has 0 unspecified atom stereocenters. The molecule has 0 aliphatic rings. The van der Waals surface area contributed by atoms with E-state index in [1.807, 2.05) is 0 Å². The number of benzene rings is 1. The normalized spacial score (nSPS) is 14.4. The summed E-state index contributed by atoms with van der Waals surface area (Å²) in [6, 6.07) is 12.0. The third kappa shape index (κ3) is 3.27. The Hall–Kier alpha value is 0.0475. The van der Waals surface area contributed by atoms with Crippen LogP contribution in [0.4, 0.5) is 0 Å². The van der Waals surface area contributed by atoms with E-state index in [4.69, 9.17) is 0 Å². The van der Waals surface area contributed by atoms with Gasteiger partial charge in [-0.2, -0.15) is 0 Å². The summed E-state index contributed by atoms with van der Waals surface area (Å²) >= 11 is 0. The molecule has 5 heteroatoms. The standard InChI is InChI=1S/C15H32OSi4/c1-17(2,3)20(16,18(4,5)6)19(7,8)14-15-12-10-9-11-13-15/h9-13,16H,14H2,1-8H3. The van der Waals surface area contributed by atoms with Gasteiger partial charge in [0.25, 0.3) is 0 Å². The van der Waals surface area contributed by atoms with Gasteiger partial charge in [-0.1, -0.05) is 88.3 Å². The highest BCUT2D eigenvalue weighted by atomic mass is 29.9. The largest absolute Gasteiger partial charge is 0.440 e. The van der Waals surface area contributed by atoms with E-state index >= 15 is 0 Å². The third-order valence-electron chi connectivity index (χ3n) is 4.64. The van der Waals surface area contributed by atoms with Crippen LogP contribution in [-0.2, 0) is 6.04 Å². The van der Waals surface area contributed by atoms with Crippen molar-refractivity contribution in [2.45, 2.75) is 58.4 Å². The van der Waals surface area contributed by atoms with Crippen LogP contribution in [0.3, 0.4) is 0 Å². The van der Waals surface area contributed by atoms with Crippen LogP contribution in [0.2, 0.25) is 52.4 Å². The van der Waals surface area contributed by atoms with E-state index in [1.165, 1.54) is 5.56 Å². The van der Waals surface area contributed by atoms with Crippen LogP contribution in [0, 0.1) is 0 Å². The van der Waals surface area contributed by atoms with Gasteiger partial charge >= 0.3 is 0 Å². The molecule has 0 aliphatic heterocycles. The van der Waals surface area contributed by atoms with E-state index in [-0.39, 0.29) is 0 Å². The third-order valence-corrected chi connectivity index (χ3v) is 70.8. The molecule has 0 saturated carbocycles. The van der Waals surface area contributed by atoms with E-state index in [9.17, 15) is 4.80 Å². The molecule has 0 radical (unpaired) electrons. The van der Waals surface area contributed by atoms with Crippen molar-refractivity contribution in [2.75, 3.05) is 0 Å². The number of hydrogen-bond donors (Lipinski definition) is 1. The molecule has 0 amide bonds. The molecular weight excluding hydrogens is 309 g/mol. The Kier molecular flexibility index (Phi) is 5.14. The summed E-state index contributed by atoms with van der Waals surface area (Å²) in [5.74, 6) is 0. The lowest BCUT2D eigenvalue weighted by Crippen LogP contribution is -2.84. The Bertz CT molecular complexity index is 429. The maximum absolute atomic E-state index is 12.0. The van der Waals surface area contributed by atoms with Gasteiger partial charge in [0.15, 0.2) is 6.87 Å². The lowest BCUT2D eigenvalue weighted by atomic mass is 10.2. The summed E-state index contributed by atoms with van der Waals surface area (Å²) < 4.78 is 0. The summed E-state index contributed by atoms with van der Waals surface area (Å²) in [5, 5.41) is 0. The predicted octanol–water partition coefficient (Wildman–Crippen LogP) is 4.33. The van der Waals surface area contributed by atoms with Crippen molar-refractivity contribution >= 4 is 29.6 Å². The minimum Gasteiger partial charge on any atom is -0.440 e. The minimum atomic E-state index is -2.15. The van der Waals surface area contributed by atoms with E-state index in [0.717, 1.165) is 6.04 Å². The highest BCUT2D eigenvalue weighted by molar-refractivity contribution is 7.87. The highest BCUT2D eigenvalue weighted by Crippen LogP contribution is 2.36. The first kappa shape index (κ1) is 18.1. The Morgan fingerprint density at radius 3 is 1.50 bits per heavy atom. The van der Waals surface area contributed by atoms with Crippen molar-refractivity contribution in [1.29, 1.82) is 0 Å². The molecule has 1 aromatic carbocycles. The number of rotatable bonds is 5. The fraction of sp³-hybridized carbons (Fsp3) is 0.600. The van der Waals surface area contributed by atoms with Gasteiger partial charge in [0.2, 0.25) is 0 Å². The summed E-state index contributed by atoms with van der Waals surface area (Å²) in [4.78, 5) is 12.0. The molecule has 0 aliphatic carbocycles. The van der Waals surface area contributed by atoms with E-state index < -0.39 is 29.6 Å². The summed E-state index contributed by atoms with van der Waals surface area (Å²) in [6.45, 7) is 17.3. The van der Waals surface area contributed by atoms with Crippen LogP contribution in [0.25, 0.3) is 0 Å². The van der Waals surface area contributed by atoms with Crippen molar-refractivity contribution in [2.24, 2.45) is 0 Å². The molecule has 1 rings (SSSR count). The van der Waals surface area contributed by atoms with Crippen LogP contribution >= 0.6 is 0 Å². The smallest absolute Gasteiger partial charge is 0.154 e. The zero-order valence-corrected chi connectivity index (χ0v) is 18.5. The average molecular weight is 341 g/mol. The topological polar surface area (TPSA) is 20.2 Å². The molecule has 0 heterocycles. The monoisotopic (exact) mass is 340 g/mol. The van der Waals surface area contributed by atoms with Gasteiger partial charge in [0.1, 0.15) is 0 Å². The van der Waals surface area contributed by atoms with Gasteiger partial charge < -0.3 is 4.80 Å². The van der Waals surface area contributed by atoms with Gasteiger partial charge in [-0.25, -0.2) is 0 Å². The molecule has 0 fully saturated rings. The van der Waals surface area contributed by atoms with Crippen molar-refractivity contribution < 1.29 is 4.80 Å². The molecule has 1 N–H and O–H groups in total. The first-order valence-corrected chi connectivity index (χ1v) is 22.7. The molecule has 0 spiro atoms. The van der Waals surface area contributed by atoms with Crippen molar-refractivity contribution in [1.82, 2.24) is 0 Å². The summed E-state index contributed by atoms with van der Waals surface area (Å²) in [6.07, 6.45) is 0. The molecule has 0 saturated heterocycles. The van der Waals surface area contributed by atoms with Gasteiger partial charge in [0, 0.05) is 0 Å². The predicted molar refractivity (Wildman–Crippen MR) is 102 cm³/mol. The Balaban J connectivity index is 3.27. The van der Waals surface area contributed by atoms with Crippen molar-refractivity contribution in [3.63, 3.8) is 0 Å². The van der Waals surface area contributed by atoms with Gasteiger partial charge in [0.05, 0.1) is 22.8 Å². The molecule has 1 nitrogen and oxygen atoms in total. The first-order valence-electron chi connectivity index (χ1n) is 7.59. The Labute approximate surface area is 129 Å². The maximum atomic E-state index is 12.0. The average Bonchev–Trinajstić information content (AvgIpc) is 2.25. The zero-order valence-electron chi connectivity index (χ0n) is 14.5. The minimum absolute atomic E-state index is 1.14. The highest BCUT2D eigenvalue weighted by Gasteiger charge is 2.63. The Morgan fingerprint density at radius 2 is 1.15 bits per heavy atom. The SMILES string of the molecule is C[Si](C)(C)[Si](O)([Si](C)(C)C)[Si](C)(C)Cc1ccccc1. The van der Waals surface area contributed by atoms with E-state index in [1.54, 1.807) is 0 Å². The van der Waals surface area contributed by atoms with Crippen LogP contribution in [0.5, 0.6) is 0 Å². The molecule has 114 valence electrons. The van der Waals surface area contributed by atoms with Crippen LogP contribution in [0.15, 0.2) is 30.3 Å². The zero-order chi connectivity index (χ0) is 15.8. The fourth-order valence-corrected chi connectivity index (χ4v) is 90.9. The summed E-state index contributed by atoms with van der Waals surface area (Å²) in [7, 11) is -4.69.